The van der Waals surface area contributed by atoms with E-state index in [-0.39, 0.29) is 34.4 Å². The minimum Gasteiger partial charge on any atom is -0.463 e. The second-order valence-electron chi connectivity index (χ2n) is 11.9. The van der Waals surface area contributed by atoms with Crippen LogP contribution in [-0.2, 0) is 49.3 Å². The Labute approximate surface area is 275 Å². The molecule has 0 amide bonds. The number of aromatic nitrogens is 1. The van der Waals surface area contributed by atoms with Crippen molar-refractivity contribution in [3.05, 3.63) is 50.7 Å². The molecular weight excluding hydrogens is 640 g/mol. The van der Waals surface area contributed by atoms with Gasteiger partial charge in [-0.3, -0.25) is 24.0 Å². The van der Waals surface area contributed by atoms with Crippen LogP contribution in [0.4, 0.5) is 0 Å². The fourth-order valence-corrected chi connectivity index (χ4v) is 6.43. The highest BCUT2D eigenvalue weighted by Gasteiger charge is 2.54. The number of halogens is 1. The SMILES string of the molecule is CC(=O)OCC1OC(n2c3c(c(-c4ccc(Cl)cc4)c(C#N)c2=S)C(=O)CC(C)(C)C3)C(OC(C)=O)C(OC(C)=O)C1OC(C)=O. The molecule has 1 aliphatic carbocycles. The normalized spacial score (nSPS) is 23.3. The Morgan fingerprint density at radius 3 is 2.04 bits per heavy atom. The molecule has 1 aromatic heterocycles. The molecule has 0 N–H and O–H groups in total. The number of pyridine rings is 1. The van der Waals surface area contributed by atoms with Gasteiger partial charge in [0, 0.05) is 56.0 Å². The van der Waals surface area contributed by atoms with Crippen molar-refractivity contribution in [2.75, 3.05) is 6.61 Å². The van der Waals surface area contributed by atoms with Crippen molar-refractivity contribution >= 4 is 53.5 Å². The molecular formula is C32H33ClN2O10S. The summed E-state index contributed by atoms with van der Waals surface area (Å²) < 4.78 is 29.8. The summed E-state index contributed by atoms with van der Waals surface area (Å²) in [7, 11) is 0. The van der Waals surface area contributed by atoms with E-state index in [0.29, 0.717) is 21.8 Å². The lowest BCUT2D eigenvalue weighted by molar-refractivity contribution is -0.269. The second kappa shape index (κ2) is 13.7. The van der Waals surface area contributed by atoms with Crippen LogP contribution in [0.5, 0.6) is 0 Å². The van der Waals surface area contributed by atoms with Crippen molar-refractivity contribution < 1.29 is 47.7 Å². The molecule has 1 fully saturated rings. The summed E-state index contributed by atoms with van der Waals surface area (Å²) in [6.45, 7) is 7.87. The highest BCUT2D eigenvalue weighted by atomic mass is 35.5. The minimum absolute atomic E-state index is 0.0306. The van der Waals surface area contributed by atoms with Crippen LogP contribution in [0.3, 0.4) is 0 Å². The zero-order chi connectivity index (χ0) is 34.1. The van der Waals surface area contributed by atoms with Gasteiger partial charge in [0.2, 0.25) is 0 Å². The summed E-state index contributed by atoms with van der Waals surface area (Å²) in [6.07, 6.45) is -6.64. The molecule has 5 atom stereocenters. The number of hydrogen-bond donors (Lipinski definition) is 0. The molecule has 1 saturated heterocycles. The van der Waals surface area contributed by atoms with Gasteiger partial charge in [-0.25, -0.2) is 0 Å². The summed E-state index contributed by atoms with van der Waals surface area (Å²) in [6, 6.07) is 8.76. The van der Waals surface area contributed by atoms with Gasteiger partial charge in [0.15, 0.2) is 30.3 Å². The molecule has 46 heavy (non-hydrogen) atoms. The summed E-state index contributed by atoms with van der Waals surface area (Å²) in [5.74, 6) is -3.32. The highest BCUT2D eigenvalue weighted by Crippen LogP contribution is 2.45. The van der Waals surface area contributed by atoms with E-state index in [4.69, 9.17) is 47.5 Å². The third kappa shape index (κ3) is 7.30. The van der Waals surface area contributed by atoms with Crippen LogP contribution >= 0.6 is 23.8 Å². The molecule has 12 nitrogen and oxygen atoms in total. The van der Waals surface area contributed by atoms with Gasteiger partial charge < -0.3 is 28.3 Å². The van der Waals surface area contributed by atoms with Gasteiger partial charge in [0.1, 0.15) is 23.4 Å². The lowest BCUT2D eigenvalue weighted by atomic mass is 9.73. The molecule has 0 bridgehead atoms. The maximum atomic E-state index is 14.0. The van der Waals surface area contributed by atoms with Crippen LogP contribution in [0.15, 0.2) is 24.3 Å². The number of ether oxygens (including phenoxy) is 5. The molecule has 1 aromatic carbocycles. The maximum absolute atomic E-state index is 14.0. The largest absolute Gasteiger partial charge is 0.463 e. The van der Waals surface area contributed by atoms with Crippen molar-refractivity contribution in [2.24, 2.45) is 5.41 Å². The van der Waals surface area contributed by atoms with Crippen LogP contribution < -0.4 is 0 Å². The summed E-state index contributed by atoms with van der Waals surface area (Å²) >= 11 is 12.1. The molecule has 14 heteroatoms. The predicted octanol–water partition coefficient (Wildman–Crippen LogP) is 4.82. The molecule has 2 heterocycles. The Morgan fingerprint density at radius 1 is 0.935 bits per heavy atom. The molecule has 2 aliphatic rings. The average Bonchev–Trinajstić information content (AvgIpc) is 2.93. The van der Waals surface area contributed by atoms with Crippen LogP contribution in [-0.4, -0.2) is 65.3 Å². The molecule has 2 aromatic rings. The Bertz CT molecular complexity index is 1690. The summed E-state index contributed by atoms with van der Waals surface area (Å²) in [5, 5.41) is 10.9. The van der Waals surface area contributed by atoms with Crippen molar-refractivity contribution in [1.82, 2.24) is 4.57 Å². The van der Waals surface area contributed by atoms with E-state index in [1.165, 1.54) is 11.5 Å². The first kappa shape index (κ1) is 34.7. The number of esters is 4. The zero-order valence-electron chi connectivity index (χ0n) is 26.1. The number of benzene rings is 1. The first-order valence-corrected chi connectivity index (χ1v) is 15.1. The van der Waals surface area contributed by atoms with Gasteiger partial charge in [0.05, 0.1) is 5.56 Å². The fourth-order valence-electron chi connectivity index (χ4n) is 5.94. The maximum Gasteiger partial charge on any atom is 0.303 e. The molecule has 1 aliphatic heterocycles. The summed E-state index contributed by atoms with van der Waals surface area (Å²) in [4.78, 5) is 62.9. The topological polar surface area (TPSA) is 160 Å². The van der Waals surface area contributed by atoms with Gasteiger partial charge in [-0.15, -0.1) is 0 Å². The van der Waals surface area contributed by atoms with Crippen molar-refractivity contribution in [3.63, 3.8) is 0 Å². The second-order valence-corrected chi connectivity index (χ2v) is 12.7. The van der Waals surface area contributed by atoms with E-state index in [2.05, 4.69) is 6.07 Å². The number of Topliss-reactive ketones (excluding diaryl/α,β-unsaturated/α-hetero) is 1. The van der Waals surface area contributed by atoms with Crippen LogP contribution in [0.1, 0.15) is 75.8 Å². The smallest absolute Gasteiger partial charge is 0.303 e. The molecule has 4 rings (SSSR count). The lowest BCUT2D eigenvalue weighted by Crippen LogP contribution is -2.61. The number of nitrogens with zero attached hydrogens (tertiary/aromatic N) is 2. The third-order valence-corrected chi connectivity index (χ3v) is 8.19. The van der Waals surface area contributed by atoms with Crippen molar-refractivity contribution in [1.29, 1.82) is 5.26 Å². The minimum atomic E-state index is -1.50. The number of rotatable bonds is 7. The van der Waals surface area contributed by atoms with Crippen LogP contribution in [0.25, 0.3) is 11.1 Å². The Morgan fingerprint density at radius 2 is 1.50 bits per heavy atom. The first-order chi connectivity index (χ1) is 21.5. The van der Waals surface area contributed by atoms with Gasteiger partial charge in [0.25, 0.3) is 0 Å². The standard InChI is InChI=1S/C32H33ClN2O10S/c1-15(36)41-14-24-27(42-16(2)37)28(43-17(3)38)29(44-18(4)39)30(45-24)35-22-11-32(5,6)12-23(40)26(22)25(21(13-34)31(35)46)19-7-9-20(33)10-8-19/h7-10,24,27-30H,11-12,14H2,1-6H3. The molecule has 5 unspecified atom stereocenters. The summed E-state index contributed by atoms with van der Waals surface area (Å²) in [5.41, 5.74) is 0.858. The molecule has 0 saturated carbocycles. The van der Waals surface area contributed by atoms with Gasteiger partial charge in [-0.05, 0) is 29.5 Å². The Balaban J connectivity index is 2.08. The monoisotopic (exact) mass is 672 g/mol. The van der Waals surface area contributed by atoms with E-state index < -0.39 is 66.5 Å². The number of fused-ring (bicyclic) bond motifs is 1. The first-order valence-electron chi connectivity index (χ1n) is 14.4. The van der Waals surface area contributed by atoms with Gasteiger partial charge in [-0.2, -0.15) is 5.26 Å². The Hall–Kier alpha value is -4.12. The number of nitriles is 1. The van der Waals surface area contributed by atoms with Gasteiger partial charge >= 0.3 is 23.9 Å². The van der Waals surface area contributed by atoms with E-state index >= 15 is 0 Å². The van der Waals surface area contributed by atoms with E-state index in [9.17, 15) is 29.2 Å². The highest BCUT2D eigenvalue weighted by molar-refractivity contribution is 7.71. The fraction of sp³-hybridized carbons (Fsp3) is 0.469. The van der Waals surface area contributed by atoms with E-state index in [0.717, 1.165) is 20.8 Å². The molecule has 244 valence electrons. The number of carbonyl (C=O) groups is 5. The quantitative estimate of drug-likeness (QED) is 0.224. The zero-order valence-corrected chi connectivity index (χ0v) is 27.7. The van der Waals surface area contributed by atoms with E-state index in [1.807, 2.05) is 13.8 Å². The van der Waals surface area contributed by atoms with E-state index in [1.54, 1.807) is 24.3 Å². The third-order valence-electron chi connectivity index (χ3n) is 7.54. The molecule has 0 spiro atoms. The number of ketones is 1. The van der Waals surface area contributed by atoms with Gasteiger partial charge in [-0.1, -0.05) is 49.8 Å². The molecule has 0 radical (unpaired) electrons. The van der Waals surface area contributed by atoms with Crippen LogP contribution in [0, 0.1) is 21.4 Å². The van der Waals surface area contributed by atoms with Crippen molar-refractivity contribution in [2.45, 2.75) is 85.0 Å². The predicted molar refractivity (Wildman–Crippen MR) is 164 cm³/mol. The number of carbonyl (C=O) groups excluding carboxylic acids is 5. The Kier molecular flexibility index (Phi) is 10.4. The average molecular weight is 673 g/mol. The number of hydrogen-bond acceptors (Lipinski definition) is 12. The van der Waals surface area contributed by atoms with Crippen molar-refractivity contribution in [3.8, 4) is 17.2 Å². The van der Waals surface area contributed by atoms with Crippen LogP contribution in [0.2, 0.25) is 5.02 Å². The lowest BCUT2D eigenvalue weighted by Gasteiger charge is -2.46.